The standard InChI is InChI=1S/C18H21BrN4O.ClH/c1-23(15-8-13-6-7-14(9-15)20-13)18(24)17-10-16(21-22-17)11-2-4-12(19)5-3-11;/h2-5,10,13-15,20H,6-9H2,1H3,(H,21,22);1H. The van der Waals surface area contributed by atoms with Crippen molar-refractivity contribution in [3.8, 4) is 11.3 Å². The second-order valence-electron chi connectivity index (χ2n) is 6.85. The maximum atomic E-state index is 12.8. The number of carbonyl (C=O) groups excluding carboxylic acids is 1. The van der Waals surface area contributed by atoms with Crippen LogP contribution in [0.15, 0.2) is 34.8 Å². The zero-order chi connectivity index (χ0) is 16.7. The third kappa shape index (κ3) is 3.76. The number of halogens is 2. The number of nitrogens with one attached hydrogen (secondary N) is 2. The van der Waals surface area contributed by atoms with Gasteiger partial charge >= 0.3 is 0 Å². The first-order valence-corrected chi connectivity index (χ1v) is 9.24. The van der Waals surface area contributed by atoms with Crippen LogP contribution in [0.5, 0.6) is 0 Å². The number of amides is 1. The van der Waals surface area contributed by atoms with Crippen LogP contribution < -0.4 is 5.32 Å². The molecule has 2 bridgehead atoms. The zero-order valence-corrected chi connectivity index (χ0v) is 16.4. The molecule has 7 heteroatoms. The molecule has 1 aromatic carbocycles. The van der Waals surface area contributed by atoms with Crippen molar-refractivity contribution in [2.45, 2.75) is 43.8 Å². The van der Waals surface area contributed by atoms with Crippen molar-refractivity contribution in [1.82, 2.24) is 20.4 Å². The van der Waals surface area contributed by atoms with E-state index >= 15 is 0 Å². The Kier molecular flexibility index (Phi) is 5.51. The van der Waals surface area contributed by atoms with E-state index < -0.39 is 0 Å². The van der Waals surface area contributed by atoms with Crippen LogP contribution >= 0.6 is 28.3 Å². The predicted molar refractivity (Wildman–Crippen MR) is 104 cm³/mol. The van der Waals surface area contributed by atoms with Crippen molar-refractivity contribution >= 4 is 34.2 Å². The van der Waals surface area contributed by atoms with E-state index in [9.17, 15) is 4.79 Å². The predicted octanol–water partition coefficient (Wildman–Crippen LogP) is 3.62. The molecule has 0 saturated carbocycles. The Balaban J connectivity index is 0.00000182. The van der Waals surface area contributed by atoms with Gasteiger partial charge in [0.1, 0.15) is 5.69 Å². The van der Waals surface area contributed by atoms with Gasteiger partial charge in [0.15, 0.2) is 0 Å². The molecule has 2 aliphatic heterocycles. The lowest BCUT2D eigenvalue weighted by Gasteiger charge is -2.35. The summed E-state index contributed by atoms with van der Waals surface area (Å²) >= 11 is 3.43. The summed E-state index contributed by atoms with van der Waals surface area (Å²) < 4.78 is 1.03. The molecule has 2 aromatic rings. The van der Waals surface area contributed by atoms with Crippen molar-refractivity contribution < 1.29 is 4.79 Å². The average Bonchev–Trinajstić information content (AvgIpc) is 3.21. The molecular weight excluding hydrogens is 404 g/mol. The summed E-state index contributed by atoms with van der Waals surface area (Å²) in [6.07, 6.45) is 4.57. The topological polar surface area (TPSA) is 61.0 Å². The van der Waals surface area contributed by atoms with Crippen molar-refractivity contribution in [3.63, 3.8) is 0 Å². The highest BCUT2D eigenvalue weighted by atomic mass is 79.9. The van der Waals surface area contributed by atoms with Crippen LogP contribution in [0.1, 0.15) is 36.2 Å². The number of H-pyrrole nitrogens is 1. The maximum Gasteiger partial charge on any atom is 0.271 e. The maximum absolute atomic E-state index is 12.8. The summed E-state index contributed by atoms with van der Waals surface area (Å²) in [5.74, 6) is 0.0251. The lowest BCUT2D eigenvalue weighted by atomic mass is 9.98. The fourth-order valence-electron chi connectivity index (χ4n) is 3.90. The number of benzene rings is 1. The number of fused-ring (bicyclic) bond motifs is 2. The van der Waals surface area contributed by atoms with Gasteiger partial charge in [-0.15, -0.1) is 12.4 Å². The van der Waals surface area contributed by atoms with Gasteiger partial charge in [-0.1, -0.05) is 28.1 Å². The Labute approximate surface area is 162 Å². The first-order valence-electron chi connectivity index (χ1n) is 8.44. The fourth-order valence-corrected chi connectivity index (χ4v) is 4.16. The fraction of sp³-hybridized carbons (Fsp3) is 0.444. The number of carbonyl (C=O) groups is 1. The highest BCUT2D eigenvalue weighted by Crippen LogP contribution is 2.30. The first kappa shape index (κ1) is 18.4. The molecule has 1 aromatic heterocycles. The normalized spacial score (nSPS) is 24.6. The van der Waals surface area contributed by atoms with Crippen LogP contribution in [0.25, 0.3) is 11.3 Å². The molecule has 25 heavy (non-hydrogen) atoms. The van der Waals surface area contributed by atoms with E-state index in [0.717, 1.165) is 28.6 Å². The molecule has 2 N–H and O–H groups in total. The number of aromatic amines is 1. The van der Waals surface area contributed by atoms with E-state index in [0.29, 0.717) is 23.8 Å². The number of nitrogens with zero attached hydrogens (tertiary/aromatic N) is 2. The molecule has 0 radical (unpaired) electrons. The van der Waals surface area contributed by atoms with Crippen molar-refractivity contribution in [1.29, 1.82) is 0 Å². The van der Waals surface area contributed by atoms with Gasteiger partial charge in [0.2, 0.25) is 0 Å². The monoisotopic (exact) mass is 424 g/mol. The van der Waals surface area contributed by atoms with Gasteiger partial charge in [-0.25, -0.2) is 0 Å². The van der Waals surface area contributed by atoms with Gasteiger partial charge < -0.3 is 10.2 Å². The van der Waals surface area contributed by atoms with E-state index in [1.54, 1.807) is 0 Å². The van der Waals surface area contributed by atoms with Gasteiger partial charge in [0.05, 0.1) is 5.69 Å². The Bertz CT molecular complexity index is 736. The minimum atomic E-state index is 0. The first-order chi connectivity index (χ1) is 11.6. The third-order valence-electron chi connectivity index (χ3n) is 5.26. The lowest BCUT2D eigenvalue weighted by molar-refractivity contribution is 0.0675. The van der Waals surface area contributed by atoms with E-state index in [1.807, 2.05) is 42.3 Å². The van der Waals surface area contributed by atoms with Gasteiger partial charge in [-0.3, -0.25) is 9.89 Å². The van der Waals surface area contributed by atoms with Crippen molar-refractivity contribution in [2.75, 3.05) is 7.05 Å². The average molecular weight is 426 g/mol. The van der Waals surface area contributed by atoms with Crippen LogP contribution in [0.3, 0.4) is 0 Å². The zero-order valence-electron chi connectivity index (χ0n) is 14.0. The van der Waals surface area contributed by atoms with E-state index in [2.05, 4.69) is 31.4 Å². The minimum Gasteiger partial charge on any atom is -0.337 e. The van der Waals surface area contributed by atoms with Crippen molar-refractivity contribution in [3.05, 3.63) is 40.5 Å². The number of aromatic nitrogens is 2. The lowest BCUT2D eigenvalue weighted by Crippen LogP contribution is -2.48. The molecule has 2 fully saturated rings. The van der Waals surface area contributed by atoms with Crippen molar-refractivity contribution in [2.24, 2.45) is 0 Å². The molecule has 2 unspecified atom stereocenters. The summed E-state index contributed by atoms with van der Waals surface area (Å²) in [5, 5.41) is 10.8. The molecule has 0 spiro atoms. The molecule has 134 valence electrons. The van der Waals surface area contributed by atoms with Crippen LogP contribution in [-0.2, 0) is 0 Å². The van der Waals surface area contributed by atoms with Crippen LogP contribution in [-0.4, -0.2) is 46.2 Å². The number of rotatable bonds is 3. The van der Waals surface area contributed by atoms with Gasteiger partial charge in [-0.05, 0) is 43.9 Å². The highest BCUT2D eigenvalue weighted by Gasteiger charge is 2.36. The molecule has 5 nitrogen and oxygen atoms in total. The summed E-state index contributed by atoms with van der Waals surface area (Å²) in [6.45, 7) is 0. The Morgan fingerprint density at radius 3 is 2.48 bits per heavy atom. The van der Waals surface area contributed by atoms with E-state index in [1.165, 1.54) is 12.8 Å². The van der Waals surface area contributed by atoms with E-state index in [-0.39, 0.29) is 18.3 Å². The summed E-state index contributed by atoms with van der Waals surface area (Å²) in [5.41, 5.74) is 2.35. The summed E-state index contributed by atoms with van der Waals surface area (Å²) in [6, 6.07) is 11.2. The molecule has 3 heterocycles. The molecule has 1 amide bonds. The van der Waals surface area contributed by atoms with Crippen LogP contribution in [0.2, 0.25) is 0 Å². The van der Waals surface area contributed by atoms with Crippen LogP contribution in [0, 0.1) is 0 Å². The number of hydrogen-bond acceptors (Lipinski definition) is 3. The molecule has 2 aliphatic rings. The smallest absolute Gasteiger partial charge is 0.271 e. The number of hydrogen-bond donors (Lipinski definition) is 2. The minimum absolute atomic E-state index is 0. The summed E-state index contributed by atoms with van der Waals surface area (Å²) in [4.78, 5) is 14.7. The molecule has 4 rings (SSSR count). The van der Waals surface area contributed by atoms with Gasteiger partial charge in [-0.2, -0.15) is 5.10 Å². The van der Waals surface area contributed by atoms with E-state index in [4.69, 9.17) is 0 Å². The quantitative estimate of drug-likeness (QED) is 0.789. The second kappa shape index (κ2) is 7.48. The molecular formula is C18H22BrClN4O. The SMILES string of the molecule is CN(C(=O)c1cc(-c2ccc(Br)cc2)n[nH]1)C1CC2CCC(C1)N2.Cl. The Morgan fingerprint density at radius 1 is 1.20 bits per heavy atom. The Morgan fingerprint density at radius 2 is 1.84 bits per heavy atom. The molecule has 2 saturated heterocycles. The third-order valence-corrected chi connectivity index (χ3v) is 5.79. The second-order valence-corrected chi connectivity index (χ2v) is 7.77. The number of piperidine rings is 1. The molecule has 2 atom stereocenters. The molecule has 0 aliphatic carbocycles. The van der Waals surface area contributed by atoms with Gasteiger partial charge in [0, 0.05) is 35.2 Å². The highest BCUT2D eigenvalue weighted by molar-refractivity contribution is 9.10. The Hall–Kier alpha value is -1.37. The largest absolute Gasteiger partial charge is 0.337 e. The van der Waals surface area contributed by atoms with Gasteiger partial charge in [0.25, 0.3) is 5.91 Å². The van der Waals surface area contributed by atoms with Crippen LogP contribution in [0.4, 0.5) is 0 Å². The summed E-state index contributed by atoms with van der Waals surface area (Å²) in [7, 11) is 1.91.